The van der Waals surface area contributed by atoms with Crippen LogP contribution in [-0.4, -0.2) is 6.04 Å². The van der Waals surface area contributed by atoms with Gasteiger partial charge in [-0.2, -0.15) is 7.05 Å². The standard InChI is InChI=1S/C7H15N/c1-8-7-5-3-2-4-6-7/h7H,1-6,8H2. The van der Waals surface area contributed by atoms with Crippen LogP contribution in [0.25, 0.3) is 0 Å². The van der Waals surface area contributed by atoms with Crippen LogP contribution in [0, 0.1) is 7.05 Å². The Bertz CT molecular complexity index is 55.4. The summed E-state index contributed by atoms with van der Waals surface area (Å²) < 4.78 is 0. The van der Waals surface area contributed by atoms with E-state index in [0.717, 1.165) is 6.04 Å². The highest BCUT2D eigenvalue weighted by atomic mass is 14.9. The van der Waals surface area contributed by atoms with Gasteiger partial charge in [0, 0.05) is 0 Å². The molecule has 0 amide bonds. The molecule has 0 aliphatic heterocycles. The molecule has 0 unspecified atom stereocenters. The van der Waals surface area contributed by atoms with Gasteiger partial charge in [0.25, 0.3) is 0 Å². The summed E-state index contributed by atoms with van der Waals surface area (Å²) in [6, 6.07) is 0.851. The Balaban J connectivity index is 2.13. The Hall–Kier alpha value is -0.0400. The van der Waals surface area contributed by atoms with Gasteiger partial charge in [-0.05, 0) is 25.7 Å². The van der Waals surface area contributed by atoms with Gasteiger partial charge in [0.05, 0.1) is 6.04 Å². The normalized spacial score (nSPS) is 23.6. The van der Waals surface area contributed by atoms with Crippen molar-refractivity contribution in [1.82, 2.24) is 0 Å². The lowest BCUT2D eigenvalue weighted by Crippen LogP contribution is -2.83. The SMILES string of the molecule is [CH2-][NH2+]C1CCCCC1. The van der Waals surface area contributed by atoms with E-state index in [4.69, 9.17) is 0 Å². The maximum Gasteiger partial charge on any atom is 0.0620 e. The minimum Gasteiger partial charge on any atom is -0.476 e. The lowest BCUT2D eigenvalue weighted by atomic mass is 9.96. The average Bonchev–Trinajstić information content (AvgIpc) is 1.90. The molecule has 8 heavy (non-hydrogen) atoms. The monoisotopic (exact) mass is 113 g/mol. The molecule has 0 radical (unpaired) electrons. The van der Waals surface area contributed by atoms with Crippen LogP contribution in [0.2, 0.25) is 0 Å². The topological polar surface area (TPSA) is 16.6 Å². The summed E-state index contributed by atoms with van der Waals surface area (Å²) >= 11 is 0. The third-order valence-electron chi connectivity index (χ3n) is 1.98. The average molecular weight is 113 g/mol. The largest absolute Gasteiger partial charge is 0.476 e. The van der Waals surface area contributed by atoms with E-state index in [1.807, 2.05) is 0 Å². The number of nitrogens with two attached hydrogens (primary N) is 1. The lowest BCUT2D eigenvalue weighted by Gasteiger charge is -2.20. The van der Waals surface area contributed by atoms with Crippen molar-refractivity contribution in [3.8, 4) is 0 Å². The fourth-order valence-corrected chi connectivity index (χ4v) is 1.37. The van der Waals surface area contributed by atoms with E-state index in [2.05, 4.69) is 12.4 Å². The molecule has 0 saturated heterocycles. The second kappa shape index (κ2) is 3.08. The number of rotatable bonds is 1. The predicted octanol–water partition coefficient (Wildman–Crippen LogP) is 0.674. The third kappa shape index (κ3) is 1.48. The van der Waals surface area contributed by atoms with E-state index in [-0.39, 0.29) is 0 Å². The van der Waals surface area contributed by atoms with Gasteiger partial charge < -0.3 is 5.32 Å². The van der Waals surface area contributed by atoms with Crippen LogP contribution in [-0.2, 0) is 0 Å². The fraction of sp³-hybridized carbons (Fsp3) is 0.857. The first-order valence-electron chi connectivity index (χ1n) is 3.56. The van der Waals surface area contributed by atoms with Crippen LogP contribution in [0.4, 0.5) is 0 Å². The minimum absolute atomic E-state index is 0.851. The van der Waals surface area contributed by atoms with Gasteiger partial charge in [-0.1, -0.05) is 6.42 Å². The highest BCUT2D eigenvalue weighted by molar-refractivity contribution is 4.61. The van der Waals surface area contributed by atoms with Crippen LogP contribution in [0.15, 0.2) is 0 Å². The van der Waals surface area contributed by atoms with Crippen molar-refractivity contribution in [2.75, 3.05) is 0 Å². The van der Waals surface area contributed by atoms with Gasteiger partial charge in [-0.15, -0.1) is 0 Å². The molecular formula is C7H15N. The maximum absolute atomic E-state index is 3.78. The molecule has 0 spiro atoms. The molecule has 0 atom stereocenters. The van der Waals surface area contributed by atoms with Crippen LogP contribution in [0.1, 0.15) is 32.1 Å². The molecule has 1 rings (SSSR count). The molecule has 0 aromatic rings. The molecule has 0 aromatic heterocycles. The zero-order chi connectivity index (χ0) is 5.82. The summed E-state index contributed by atoms with van der Waals surface area (Å²) in [7, 11) is 3.78. The summed E-state index contributed by atoms with van der Waals surface area (Å²) in [6.07, 6.45) is 7.09. The molecule has 1 aliphatic carbocycles. The van der Waals surface area contributed by atoms with Crippen LogP contribution in [0.3, 0.4) is 0 Å². The minimum atomic E-state index is 0.851. The Kier molecular flexibility index (Phi) is 2.34. The van der Waals surface area contributed by atoms with Crippen molar-refractivity contribution < 1.29 is 5.32 Å². The second-order valence-electron chi connectivity index (χ2n) is 2.63. The summed E-state index contributed by atoms with van der Waals surface area (Å²) in [5.74, 6) is 0. The quantitative estimate of drug-likeness (QED) is 0.481. The third-order valence-corrected chi connectivity index (χ3v) is 1.98. The van der Waals surface area contributed by atoms with Crippen molar-refractivity contribution in [1.29, 1.82) is 0 Å². The van der Waals surface area contributed by atoms with E-state index in [1.54, 1.807) is 0 Å². The molecule has 0 heterocycles. The van der Waals surface area contributed by atoms with Crippen LogP contribution >= 0.6 is 0 Å². The van der Waals surface area contributed by atoms with Gasteiger partial charge in [0.15, 0.2) is 0 Å². The van der Waals surface area contributed by atoms with E-state index < -0.39 is 0 Å². The number of quaternary nitrogens is 1. The van der Waals surface area contributed by atoms with Crippen LogP contribution in [0.5, 0.6) is 0 Å². The van der Waals surface area contributed by atoms with E-state index >= 15 is 0 Å². The van der Waals surface area contributed by atoms with Crippen molar-refractivity contribution in [3.63, 3.8) is 0 Å². The molecule has 1 saturated carbocycles. The zero-order valence-corrected chi connectivity index (χ0v) is 5.40. The van der Waals surface area contributed by atoms with Gasteiger partial charge in [-0.25, -0.2) is 0 Å². The molecule has 0 aromatic carbocycles. The van der Waals surface area contributed by atoms with Crippen LogP contribution < -0.4 is 5.32 Å². The van der Waals surface area contributed by atoms with Gasteiger partial charge in [-0.3, -0.25) is 0 Å². The van der Waals surface area contributed by atoms with Crippen molar-refractivity contribution in [3.05, 3.63) is 7.05 Å². The van der Waals surface area contributed by atoms with Crippen molar-refractivity contribution >= 4 is 0 Å². The Morgan fingerprint density at radius 3 is 2.12 bits per heavy atom. The van der Waals surface area contributed by atoms with Crippen molar-refractivity contribution in [2.45, 2.75) is 38.1 Å². The van der Waals surface area contributed by atoms with E-state index in [9.17, 15) is 0 Å². The molecule has 1 aliphatic rings. The summed E-state index contributed by atoms with van der Waals surface area (Å²) in [6.45, 7) is 0. The summed E-state index contributed by atoms with van der Waals surface area (Å²) in [4.78, 5) is 0. The first-order valence-corrected chi connectivity index (χ1v) is 3.56. The highest BCUT2D eigenvalue weighted by Gasteiger charge is 2.10. The molecule has 2 N–H and O–H groups in total. The molecule has 1 heteroatoms. The molecule has 1 nitrogen and oxygen atoms in total. The maximum atomic E-state index is 3.78. The predicted molar refractivity (Wildman–Crippen MR) is 34.2 cm³/mol. The Morgan fingerprint density at radius 2 is 1.75 bits per heavy atom. The zero-order valence-electron chi connectivity index (χ0n) is 5.40. The highest BCUT2D eigenvalue weighted by Crippen LogP contribution is 2.14. The molecular weight excluding hydrogens is 98.1 g/mol. The Morgan fingerprint density at radius 1 is 1.12 bits per heavy atom. The first kappa shape index (κ1) is 6.09. The number of hydrogen-bond donors (Lipinski definition) is 1. The Labute approximate surface area is 51.5 Å². The van der Waals surface area contributed by atoms with Gasteiger partial charge in [0.1, 0.15) is 0 Å². The lowest BCUT2D eigenvalue weighted by molar-refractivity contribution is -0.636. The smallest absolute Gasteiger partial charge is 0.0620 e. The fourth-order valence-electron chi connectivity index (χ4n) is 1.37. The van der Waals surface area contributed by atoms with E-state index in [0.29, 0.717) is 0 Å². The summed E-state index contributed by atoms with van der Waals surface area (Å²) in [5, 5.41) is 2.11. The number of hydrogen-bond acceptors (Lipinski definition) is 0. The van der Waals surface area contributed by atoms with Gasteiger partial charge in [0.2, 0.25) is 0 Å². The van der Waals surface area contributed by atoms with E-state index in [1.165, 1.54) is 32.1 Å². The summed E-state index contributed by atoms with van der Waals surface area (Å²) in [5.41, 5.74) is 0. The second-order valence-corrected chi connectivity index (χ2v) is 2.63. The van der Waals surface area contributed by atoms with Crippen molar-refractivity contribution in [2.24, 2.45) is 0 Å². The first-order chi connectivity index (χ1) is 3.93. The van der Waals surface area contributed by atoms with Gasteiger partial charge >= 0.3 is 0 Å². The molecule has 0 bridgehead atoms. The molecule has 1 fully saturated rings. The molecule has 48 valence electrons.